The highest BCUT2D eigenvalue weighted by Gasteiger charge is 2.17. The molecule has 7 nitrogen and oxygen atoms in total. The highest BCUT2D eigenvalue weighted by atomic mass is 16.5. The number of hydrogen-bond acceptors (Lipinski definition) is 7. The Labute approximate surface area is 157 Å². The smallest absolute Gasteiger partial charge is 0.248 e. The Morgan fingerprint density at radius 2 is 1.44 bits per heavy atom. The van der Waals surface area contributed by atoms with Crippen LogP contribution >= 0.6 is 0 Å². The molecule has 27 heavy (non-hydrogen) atoms. The lowest BCUT2D eigenvalue weighted by atomic mass is 10.2. The van der Waals surface area contributed by atoms with E-state index in [2.05, 4.69) is 10.2 Å². The molecule has 2 aromatic carbocycles. The average Bonchev–Trinajstić information content (AvgIpc) is 3.20. The quantitative estimate of drug-likeness (QED) is 0.625. The Morgan fingerprint density at radius 3 is 2.00 bits per heavy atom. The third kappa shape index (κ3) is 4.03. The molecule has 0 spiro atoms. The van der Waals surface area contributed by atoms with Gasteiger partial charge in [-0.25, -0.2) is 0 Å². The SMILES string of the molecule is COc1ccc(C=Cc2nnc(-c3cc(OC)c(OC)c(OC)c3)o2)cc1. The van der Waals surface area contributed by atoms with Gasteiger partial charge in [0.25, 0.3) is 0 Å². The van der Waals surface area contributed by atoms with Gasteiger partial charge in [0.15, 0.2) is 11.5 Å². The first kappa shape index (κ1) is 18.3. The van der Waals surface area contributed by atoms with Gasteiger partial charge in [-0.3, -0.25) is 0 Å². The molecule has 0 saturated carbocycles. The van der Waals surface area contributed by atoms with Crippen LogP contribution in [0.25, 0.3) is 23.6 Å². The minimum Gasteiger partial charge on any atom is -0.497 e. The molecule has 0 radical (unpaired) electrons. The average molecular weight is 368 g/mol. The Kier molecular flexibility index (Phi) is 5.61. The third-order valence-electron chi connectivity index (χ3n) is 3.89. The lowest BCUT2D eigenvalue weighted by molar-refractivity contribution is 0.324. The first-order chi connectivity index (χ1) is 13.2. The minimum absolute atomic E-state index is 0.351. The van der Waals surface area contributed by atoms with Gasteiger partial charge in [-0.15, -0.1) is 10.2 Å². The van der Waals surface area contributed by atoms with Crippen LogP contribution in [0.1, 0.15) is 11.5 Å². The molecule has 0 unspecified atom stereocenters. The minimum atomic E-state index is 0.351. The van der Waals surface area contributed by atoms with E-state index < -0.39 is 0 Å². The second-order valence-electron chi connectivity index (χ2n) is 5.47. The van der Waals surface area contributed by atoms with Crippen molar-refractivity contribution in [2.45, 2.75) is 0 Å². The molecule has 1 aromatic heterocycles. The molecule has 0 N–H and O–H groups in total. The fraction of sp³-hybridized carbons (Fsp3) is 0.200. The maximum atomic E-state index is 5.72. The second-order valence-corrected chi connectivity index (χ2v) is 5.47. The lowest BCUT2D eigenvalue weighted by Gasteiger charge is -2.12. The van der Waals surface area contributed by atoms with Crippen molar-refractivity contribution in [3.05, 3.63) is 47.9 Å². The van der Waals surface area contributed by atoms with Crippen LogP contribution < -0.4 is 18.9 Å². The summed E-state index contributed by atoms with van der Waals surface area (Å²) in [7, 11) is 6.29. The molecule has 140 valence electrons. The number of nitrogens with zero attached hydrogens (tertiary/aromatic N) is 2. The van der Waals surface area contributed by atoms with Crippen LogP contribution in [-0.4, -0.2) is 38.6 Å². The van der Waals surface area contributed by atoms with Crippen molar-refractivity contribution in [2.75, 3.05) is 28.4 Å². The Morgan fingerprint density at radius 1 is 0.778 bits per heavy atom. The predicted molar refractivity (Wildman–Crippen MR) is 101 cm³/mol. The zero-order valence-corrected chi connectivity index (χ0v) is 15.6. The van der Waals surface area contributed by atoms with E-state index in [0.717, 1.165) is 11.3 Å². The summed E-state index contributed by atoms with van der Waals surface area (Å²) in [6.07, 6.45) is 3.63. The van der Waals surface area contributed by atoms with E-state index >= 15 is 0 Å². The predicted octanol–water partition coefficient (Wildman–Crippen LogP) is 3.94. The van der Waals surface area contributed by atoms with Crippen LogP contribution in [0.3, 0.4) is 0 Å². The lowest BCUT2D eigenvalue weighted by Crippen LogP contribution is -1.95. The van der Waals surface area contributed by atoms with Crippen molar-refractivity contribution in [2.24, 2.45) is 0 Å². The monoisotopic (exact) mass is 368 g/mol. The standard InChI is InChI=1S/C20H20N2O5/c1-23-15-8-5-13(6-9-15)7-10-18-21-22-20(27-18)14-11-16(24-2)19(26-4)17(12-14)25-3/h5-12H,1-4H3. The molecule has 0 atom stereocenters. The molecule has 0 fully saturated rings. The molecule has 0 aliphatic rings. The number of benzene rings is 2. The summed E-state index contributed by atoms with van der Waals surface area (Å²) in [6.45, 7) is 0. The Balaban J connectivity index is 1.85. The van der Waals surface area contributed by atoms with Crippen molar-refractivity contribution in [1.29, 1.82) is 0 Å². The normalized spacial score (nSPS) is 10.8. The van der Waals surface area contributed by atoms with Gasteiger partial charge in [0.1, 0.15) is 5.75 Å². The van der Waals surface area contributed by atoms with Gasteiger partial charge in [0.2, 0.25) is 17.5 Å². The van der Waals surface area contributed by atoms with Gasteiger partial charge >= 0.3 is 0 Å². The topological polar surface area (TPSA) is 75.8 Å². The van der Waals surface area contributed by atoms with Crippen LogP contribution in [0.15, 0.2) is 40.8 Å². The number of aromatic nitrogens is 2. The zero-order valence-electron chi connectivity index (χ0n) is 15.6. The first-order valence-corrected chi connectivity index (χ1v) is 8.14. The van der Waals surface area contributed by atoms with Gasteiger partial charge in [-0.05, 0) is 35.9 Å². The van der Waals surface area contributed by atoms with E-state index in [-0.39, 0.29) is 0 Å². The maximum absolute atomic E-state index is 5.72. The van der Waals surface area contributed by atoms with E-state index in [1.54, 1.807) is 46.6 Å². The summed E-state index contributed by atoms with van der Waals surface area (Å²) in [5.41, 5.74) is 1.66. The molecule has 0 amide bonds. The fourth-order valence-electron chi connectivity index (χ4n) is 2.51. The zero-order chi connectivity index (χ0) is 19.2. The molecule has 3 rings (SSSR count). The van der Waals surface area contributed by atoms with Crippen LogP contribution in [0, 0.1) is 0 Å². The van der Waals surface area contributed by atoms with Crippen molar-refractivity contribution >= 4 is 12.2 Å². The number of rotatable bonds is 7. The molecule has 0 aliphatic carbocycles. The Bertz CT molecular complexity index is 907. The molecule has 0 aliphatic heterocycles. The highest BCUT2D eigenvalue weighted by molar-refractivity contribution is 5.68. The molecule has 0 saturated heterocycles. The first-order valence-electron chi connectivity index (χ1n) is 8.14. The van der Waals surface area contributed by atoms with Gasteiger partial charge in [0, 0.05) is 11.6 Å². The fourth-order valence-corrected chi connectivity index (χ4v) is 2.51. The highest BCUT2D eigenvalue weighted by Crippen LogP contribution is 2.40. The van der Waals surface area contributed by atoms with E-state index in [1.165, 1.54) is 0 Å². The summed E-state index contributed by atoms with van der Waals surface area (Å²) in [5, 5.41) is 8.15. The van der Waals surface area contributed by atoms with Crippen molar-refractivity contribution in [1.82, 2.24) is 10.2 Å². The van der Waals surface area contributed by atoms with Crippen molar-refractivity contribution in [3.8, 4) is 34.5 Å². The number of ether oxygens (including phenoxy) is 4. The van der Waals surface area contributed by atoms with Crippen LogP contribution in [0.2, 0.25) is 0 Å². The molecular weight excluding hydrogens is 348 g/mol. The summed E-state index contributed by atoms with van der Waals surface area (Å²) >= 11 is 0. The summed E-state index contributed by atoms with van der Waals surface area (Å²) in [4.78, 5) is 0. The van der Waals surface area contributed by atoms with Gasteiger partial charge in [0.05, 0.1) is 28.4 Å². The van der Waals surface area contributed by atoms with Gasteiger partial charge in [-0.2, -0.15) is 0 Å². The van der Waals surface area contributed by atoms with E-state index in [4.69, 9.17) is 23.4 Å². The third-order valence-corrected chi connectivity index (χ3v) is 3.89. The van der Waals surface area contributed by atoms with Crippen LogP contribution in [-0.2, 0) is 0 Å². The largest absolute Gasteiger partial charge is 0.497 e. The Hall–Kier alpha value is -3.48. The van der Waals surface area contributed by atoms with Gasteiger partial charge in [-0.1, -0.05) is 12.1 Å². The van der Waals surface area contributed by atoms with Crippen LogP contribution in [0.5, 0.6) is 23.0 Å². The summed E-state index contributed by atoms with van der Waals surface area (Å²) < 4.78 is 26.9. The van der Waals surface area contributed by atoms with Crippen molar-refractivity contribution < 1.29 is 23.4 Å². The molecule has 7 heteroatoms. The summed E-state index contributed by atoms with van der Waals surface area (Å²) in [6, 6.07) is 11.2. The number of hydrogen-bond donors (Lipinski definition) is 0. The van der Waals surface area contributed by atoms with E-state index in [9.17, 15) is 0 Å². The number of methoxy groups -OCH3 is 4. The van der Waals surface area contributed by atoms with Gasteiger partial charge < -0.3 is 23.4 Å². The van der Waals surface area contributed by atoms with E-state index in [1.807, 2.05) is 30.3 Å². The maximum Gasteiger partial charge on any atom is 0.248 e. The van der Waals surface area contributed by atoms with Crippen molar-refractivity contribution in [3.63, 3.8) is 0 Å². The molecule has 1 heterocycles. The second kappa shape index (κ2) is 8.27. The van der Waals surface area contributed by atoms with Crippen LogP contribution in [0.4, 0.5) is 0 Å². The van der Waals surface area contributed by atoms with E-state index in [0.29, 0.717) is 34.6 Å². The molecule has 0 bridgehead atoms. The molecular formula is C20H20N2O5. The molecule has 3 aromatic rings. The summed E-state index contributed by atoms with van der Waals surface area (Å²) in [5.74, 6) is 3.07.